The Morgan fingerprint density at radius 1 is 1.53 bits per heavy atom. The van der Waals surface area contributed by atoms with Gasteiger partial charge in [0.05, 0.1) is 7.11 Å². The van der Waals surface area contributed by atoms with Gasteiger partial charge in [0.2, 0.25) is 5.76 Å². The van der Waals surface area contributed by atoms with Crippen LogP contribution in [-0.2, 0) is 4.74 Å². The SMILES string of the molecule is CCNC(c1ccc(C(=O)OC)o1)c1sccc1Br. The molecule has 102 valence electrons. The van der Waals surface area contributed by atoms with Crippen molar-refractivity contribution < 1.29 is 13.9 Å². The molecule has 2 rings (SSSR count). The summed E-state index contributed by atoms with van der Waals surface area (Å²) < 4.78 is 11.2. The van der Waals surface area contributed by atoms with Gasteiger partial charge >= 0.3 is 5.97 Å². The molecule has 2 aromatic heterocycles. The van der Waals surface area contributed by atoms with E-state index < -0.39 is 5.97 Å². The second-order valence-electron chi connectivity index (χ2n) is 3.82. The van der Waals surface area contributed by atoms with Crippen molar-refractivity contribution in [2.24, 2.45) is 0 Å². The summed E-state index contributed by atoms with van der Waals surface area (Å²) in [6.07, 6.45) is 0. The van der Waals surface area contributed by atoms with Gasteiger partial charge in [0.25, 0.3) is 0 Å². The lowest BCUT2D eigenvalue weighted by molar-refractivity contribution is 0.0562. The fraction of sp³-hybridized carbons (Fsp3) is 0.308. The Bertz CT molecular complexity index is 564. The third kappa shape index (κ3) is 3.08. The van der Waals surface area contributed by atoms with E-state index in [9.17, 15) is 4.79 Å². The van der Waals surface area contributed by atoms with Gasteiger partial charge in [0.1, 0.15) is 11.8 Å². The van der Waals surface area contributed by atoms with Gasteiger partial charge in [-0.1, -0.05) is 6.92 Å². The van der Waals surface area contributed by atoms with Crippen LogP contribution in [0.5, 0.6) is 0 Å². The molecule has 19 heavy (non-hydrogen) atoms. The normalized spacial score (nSPS) is 12.4. The Morgan fingerprint density at radius 2 is 2.32 bits per heavy atom. The topological polar surface area (TPSA) is 51.5 Å². The fourth-order valence-electron chi connectivity index (χ4n) is 1.76. The molecule has 0 aliphatic carbocycles. The van der Waals surface area contributed by atoms with Crippen LogP contribution in [0, 0.1) is 0 Å². The molecule has 6 heteroatoms. The zero-order chi connectivity index (χ0) is 13.8. The quantitative estimate of drug-likeness (QED) is 0.843. The number of furan rings is 1. The van der Waals surface area contributed by atoms with E-state index in [-0.39, 0.29) is 11.8 Å². The van der Waals surface area contributed by atoms with Crippen LogP contribution in [0.1, 0.15) is 34.2 Å². The van der Waals surface area contributed by atoms with Crippen LogP contribution >= 0.6 is 27.3 Å². The van der Waals surface area contributed by atoms with Gasteiger partial charge < -0.3 is 14.5 Å². The summed E-state index contributed by atoms with van der Waals surface area (Å²) in [4.78, 5) is 12.5. The van der Waals surface area contributed by atoms with E-state index in [4.69, 9.17) is 4.42 Å². The highest BCUT2D eigenvalue weighted by Crippen LogP contribution is 2.33. The second kappa shape index (κ2) is 6.36. The molecule has 1 unspecified atom stereocenters. The van der Waals surface area contributed by atoms with Gasteiger partial charge in [-0.2, -0.15) is 0 Å². The first-order valence-corrected chi connectivity index (χ1v) is 7.49. The number of ether oxygens (including phenoxy) is 1. The Morgan fingerprint density at radius 3 is 2.89 bits per heavy atom. The molecule has 1 N–H and O–H groups in total. The lowest BCUT2D eigenvalue weighted by Crippen LogP contribution is -2.20. The van der Waals surface area contributed by atoms with E-state index in [1.54, 1.807) is 23.5 Å². The Balaban J connectivity index is 2.32. The summed E-state index contributed by atoms with van der Waals surface area (Å²) >= 11 is 5.15. The van der Waals surface area contributed by atoms with E-state index >= 15 is 0 Å². The van der Waals surface area contributed by atoms with Crippen molar-refractivity contribution in [3.05, 3.63) is 44.4 Å². The third-order valence-corrected chi connectivity index (χ3v) is 4.55. The monoisotopic (exact) mass is 343 g/mol. The predicted octanol–water partition coefficient (Wildman–Crippen LogP) is 3.59. The van der Waals surface area contributed by atoms with Crippen molar-refractivity contribution in [1.82, 2.24) is 5.32 Å². The molecule has 0 amide bonds. The standard InChI is InChI=1S/C13H14BrNO3S/c1-3-15-11(12-8(14)6-7-19-12)9-4-5-10(18-9)13(16)17-2/h4-7,11,15H,3H2,1-2H3. The van der Waals surface area contributed by atoms with E-state index in [0.717, 1.165) is 15.9 Å². The lowest BCUT2D eigenvalue weighted by atomic mass is 10.2. The van der Waals surface area contributed by atoms with Gasteiger partial charge in [-0.3, -0.25) is 0 Å². The molecule has 0 aliphatic heterocycles. The number of halogens is 1. The van der Waals surface area contributed by atoms with Crippen LogP contribution in [-0.4, -0.2) is 19.6 Å². The molecule has 0 fully saturated rings. The fourth-order valence-corrected chi connectivity index (χ4v) is 3.44. The van der Waals surface area contributed by atoms with Crippen LogP contribution in [0.2, 0.25) is 0 Å². The van der Waals surface area contributed by atoms with Crippen molar-refractivity contribution >= 4 is 33.2 Å². The summed E-state index contributed by atoms with van der Waals surface area (Å²) in [6.45, 7) is 2.82. The van der Waals surface area contributed by atoms with E-state index in [1.807, 2.05) is 18.4 Å². The van der Waals surface area contributed by atoms with Crippen molar-refractivity contribution in [1.29, 1.82) is 0 Å². The van der Waals surface area contributed by atoms with Crippen molar-refractivity contribution in [3.63, 3.8) is 0 Å². The molecule has 0 saturated heterocycles. The number of hydrogen-bond acceptors (Lipinski definition) is 5. The van der Waals surface area contributed by atoms with Gasteiger partial charge in [-0.15, -0.1) is 11.3 Å². The molecule has 0 bridgehead atoms. The number of thiophene rings is 1. The summed E-state index contributed by atoms with van der Waals surface area (Å²) in [5.74, 6) is 0.449. The average molecular weight is 344 g/mol. The summed E-state index contributed by atoms with van der Waals surface area (Å²) in [6, 6.07) is 5.35. The number of carbonyl (C=O) groups excluding carboxylic acids is 1. The smallest absolute Gasteiger partial charge is 0.373 e. The number of nitrogens with one attached hydrogen (secondary N) is 1. The van der Waals surface area contributed by atoms with Crippen LogP contribution in [0.15, 0.2) is 32.5 Å². The molecule has 0 aliphatic rings. The second-order valence-corrected chi connectivity index (χ2v) is 5.62. The molecular formula is C13H14BrNO3S. The van der Waals surface area contributed by atoms with Crippen molar-refractivity contribution in [2.75, 3.05) is 13.7 Å². The number of rotatable bonds is 5. The molecule has 0 spiro atoms. The molecule has 2 heterocycles. The van der Waals surface area contributed by atoms with E-state index in [1.165, 1.54) is 7.11 Å². The highest BCUT2D eigenvalue weighted by Gasteiger charge is 2.22. The number of esters is 1. The van der Waals surface area contributed by atoms with E-state index in [0.29, 0.717) is 5.76 Å². The van der Waals surface area contributed by atoms with Gasteiger partial charge in [-0.25, -0.2) is 4.79 Å². The molecule has 1 atom stereocenters. The lowest BCUT2D eigenvalue weighted by Gasteiger charge is -2.14. The first-order chi connectivity index (χ1) is 9.17. The van der Waals surface area contributed by atoms with Crippen molar-refractivity contribution in [2.45, 2.75) is 13.0 Å². The summed E-state index contributed by atoms with van der Waals surface area (Å²) in [5, 5.41) is 5.35. The Labute approximate surface area is 123 Å². The van der Waals surface area contributed by atoms with Gasteiger partial charge in [-0.05, 0) is 46.1 Å². The molecule has 0 aromatic carbocycles. The minimum atomic E-state index is -0.466. The number of methoxy groups -OCH3 is 1. The minimum Gasteiger partial charge on any atom is -0.463 e. The maximum atomic E-state index is 11.4. The van der Waals surface area contributed by atoms with Gasteiger partial charge in [0.15, 0.2) is 0 Å². The average Bonchev–Trinajstić information content (AvgIpc) is 3.04. The summed E-state index contributed by atoms with van der Waals surface area (Å²) in [7, 11) is 1.34. The zero-order valence-electron chi connectivity index (χ0n) is 10.6. The Kier molecular flexibility index (Phi) is 4.79. The van der Waals surface area contributed by atoms with Crippen LogP contribution in [0.3, 0.4) is 0 Å². The predicted molar refractivity (Wildman–Crippen MR) is 77.6 cm³/mol. The highest BCUT2D eigenvalue weighted by molar-refractivity contribution is 9.10. The highest BCUT2D eigenvalue weighted by atomic mass is 79.9. The molecule has 0 radical (unpaired) electrons. The summed E-state index contributed by atoms with van der Waals surface area (Å²) in [5.41, 5.74) is 0. The maximum absolute atomic E-state index is 11.4. The van der Waals surface area contributed by atoms with Crippen LogP contribution in [0.25, 0.3) is 0 Å². The third-order valence-electron chi connectivity index (χ3n) is 2.61. The first kappa shape index (κ1) is 14.3. The molecule has 0 saturated carbocycles. The van der Waals surface area contributed by atoms with Crippen LogP contribution < -0.4 is 5.32 Å². The molecular weight excluding hydrogens is 330 g/mol. The van der Waals surface area contributed by atoms with Crippen molar-refractivity contribution in [3.8, 4) is 0 Å². The minimum absolute atomic E-state index is 0.0715. The number of hydrogen-bond donors (Lipinski definition) is 1. The maximum Gasteiger partial charge on any atom is 0.373 e. The zero-order valence-corrected chi connectivity index (χ0v) is 13.0. The van der Waals surface area contributed by atoms with E-state index in [2.05, 4.69) is 26.0 Å². The number of carbonyl (C=O) groups is 1. The van der Waals surface area contributed by atoms with Gasteiger partial charge in [0, 0.05) is 9.35 Å². The van der Waals surface area contributed by atoms with Crippen LogP contribution in [0.4, 0.5) is 0 Å². The Hall–Kier alpha value is -1.11. The largest absolute Gasteiger partial charge is 0.463 e. The molecule has 4 nitrogen and oxygen atoms in total. The first-order valence-electron chi connectivity index (χ1n) is 5.81. The molecule has 2 aromatic rings.